The second-order valence-electron chi connectivity index (χ2n) is 8.46. The molecule has 1 spiro atoms. The molecule has 3 amide bonds. The summed E-state index contributed by atoms with van der Waals surface area (Å²) in [7, 11) is 0. The molecule has 0 unspecified atom stereocenters. The highest BCUT2D eigenvalue weighted by atomic mass is 16.5. The van der Waals surface area contributed by atoms with E-state index in [1.54, 1.807) is 35.6 Å². The zero-order chi connectivity index (χ0) is 22.8. The average molecular weight is 447 g/mol. The number of urea groups is 1. The van der Waals surface area contributed by atoms with Crippen molar-refractivity contribution in [3.63, 3.8) is 0 Å². The smallest absolute Gasteiger partial charge is 0.321 e. The van der Waals surface area contributed by atoms with Crippen LogP contribution in [0.1, 0.15) is 24.2 Å². The van der Waals surface area contributed by atoms with E-state index >= 15 is 0 Å². The molecule has 2 aromatic heterocycles. The van der Waals surface area contributed by atoms with Crippen LogP contribution in [0.25, 0.3) is 0 Å². The second kappa shape index (κ2) is 8.67. The number of nitrogens with one attached hydrogen (secondary N) is 2. The standard InChI is InChI=1S/C24H26N6O3/c1-17-4-2-3-5-19(17)28-23(32)29-13-8-24(9-14-29)22-26-12-15-30(22)16-20(33-24)21(31)27-18-6-10-25-11-7-18/h2-7,10-12,15,20H,8-9,13-14,16H2,1H3,(H,28,32)(H,25,27,31)/t20-/m0/s1. The van der Waals surface area contributed by atoms with Crippen molar-refractivity contribution in [1.29, 1.82) is 0 Å². The normalized spacial score (nSPS) is 19.1. The van der Waals surface area contributed by atoms with E-state index in [0.29, 0.717) is 38.2 Å². The molecule has 2 N–H and O–H groups in total. The maximum Gasteiger partial charge on any atom is 0.321 e. The fraction of sp³-hybridized carbons (Fsp3) is 0.333. The number of para-hydroxylation sites is 1. The van der Waals surface area contributed by atoms with Crippen molar-refractivity contribution in [1.82, 2.24) is 19.4 Å². The number of aromatic nitrogens is 3. The lowest BCUT2D eigenvalue weighted by Crippen LogP contribution is -2.54. The number of fused-ring (bicyclic) bond motifs is 2. The number of piperidine rings is 1. The summed E-state index contributed by atoms with van der Waals surface area (Å²) in [5.74, 6) is 0.606. The summed E-state index contributed by atoms with van der Waals surface area (Å²) in [6.07, 6.45) is 7.33. The maximum atomic E-state index is 13.0. The van der Waals surface area contributed by atoms with Crippen LogP contribution in [0.5, 0.6) is 0 Å². The molecule has 2 aliphatic rings. The SMILES string of the molecule is Cc1ccccc1NC(=O)N1CCC2(CC1)O[C@H](C(=O)Nc1ccncc1)Cn1ccnc12. The van der Waals surface area contributed by atoms with E-state index in [0.717, 1.165) is 17.1 Å². The fourth-order valence-electron chi connectivity index (χ4n) is 4.51. The first-order valence-corrected chi connectivity index (χ1v) is 11.1. The number of hydrogen-bond acceptors (Lipinski definition) is 5. The van der Waals surface area contributed by atoms with Crippen molar-refractivity contribution in [2.45, 2.75) is 38.0 Å². The summed E-state index contributed by atoms with van der Waals surface area (Å²) < 4.78 is 8.42. The molecule has 0 saturated carbocycles. The van der Waals surface area contributed by atoms with Crippen LogP contribution >= 0.6 is 0 Å². The number of amides is 3. The van der Waals surface area contributed by atoms with Gasteiger partial charge in [-0.25, -0.2) is 9.78 Å². The molecule has 0 bridgehead atoms. The number of carbonyl (C=O) groups excluding carboxylic acids is 2. The summed E-state index contributed by atoms with van der Waals surface area (Å²) in [6, 6.07) is 11.1. The third kappa shape index (κ3) is 4.19. The van der Waals surface area contributed by atoms with Gasteiger partial charge in [-0.15, -0.1) is 0 Å². The van der Waals surface area contributed by atoms with Crippen LogP contribution in [-0.4, -0.2) is 50.6 Å². The molecule has 1 aromatic carbocycles. The monoisotopic (exact) mass is 446 g/mol. The predicted octanol–water partition coefficient (Wildman–Crippen LogP) is 3.15. The Bertz CT molecular complexity index is 1150. The topological polar surface area (TPSA) is 101 Å². The molecule has 33 heavy (non-hydrogen) atoms. The number of aryl methyl sites for hydroxylation is 1. The number of rotatable bonds is 3. The van der Waals surface area contributed by atoms with Crippen molar-refractivity contribution < 1.29 is 14.3 Å². The van der Waals surface area contributed by atoms with Crippen molar-refractivity contribution in [3.05, 3.63) is 72.6 Å². The van der Waals surface area contributed by atoms with Gasteiger partial charge in [0.2, 0.25) is 0 Å². The Morgan fingerprint density at radius 1 is 1.06 bits per heavy atom. The number of imidazole rings is 1. The molecule has 9 heteroatoms. The van der Waals surface area contributed by atoms with E-state index in [-0.39, 0.29) is 11.9 Å². The van der Waals surface area contributed by atoms with Gasteiger partial charge < -0.3 is 24.8 Å². The van der Waals surface area contributed by atoms with Crippen LogP contribution in [-0.2, 0) is 21.7 Å². The van der Waals surface area contributed by atoms with Gasteiger partial charge in [-0.3, -0.25) is 9.78 Å². The number of benzene rings is 1. The minimum atomic E-state index is -0.707. The molecular formula is C24H26N6O3. The molecule has 1 atom stereocenters. The summed E-state index contributed by atoms with van der Waals surface area (Å²) in [5.41, 5.74) is 1.79. The molecule has 9 nitrogen and oxygen atoms in total. The van der Waals surface area contributed by atoms with E-state index in [2.05, 4.69) is 20.6 Å². The molecule has 170 valence electrons. The highest BCUT2D eigenvalue weighted by molar-refractivity contribution is 5.94. The molecule has 0 radical (unpaired) electrons. The lowest BCUT2D eigenvalue weighted by molar-refractivity contribution is -0.167. The lowest BCUT2D eigenvalue weighted by Gasteiger charge is -2.45. The highest BCUT2D eigenvalue weighted by Gasteiger charge is 2.47. The van der Waals surface area contributed by atoms with Crippen LogP contribution in [0.3, 0.4) is 0 Å². The van der Waals surface area contributed by atoms with Crippen LogP contribution < -0.4 is 10.6 Å². The quantitative estimate of drug-likeness (QED) is 0.644. The van der Waals surface area contributed by atoms with Gasteiger partial charge in [0, 0.05) is 62.1 Å². The number of ether oxygens (including phenoxy) is 1. The minimum absolute atomic E-state index is 0.134. The lowest BCUT2D eigenvalue weighted by atomic mass is 9.88. The van der Waals surface area contributed by atoms with Crippen LogP contribution in [0.15, 0.2) is 61.2 Å². The number of carbonyl (C=O) groups is 2. The van der Waals surface area contributed by atoms with Gasteiger partial charge in [-0.05, 0) is 30.7 Å². The highest BCUT2D eigenvalue weighted by Crippen LogP contribution is 2.40. The first-order valence-electron chi connectivity index (χ1n) is 11.1. The van der Waals surface area contributed by atoms with E-state index in [1.165, 1.54) is 0 Å². The van der Waals surface area contributed by atoms with Crippen molar-refractivity contribution in [2.75, 3.05) is 23.7 Å². The van der Waals surface area contributed by atoms with Gasteiger partial charge in [0.25, 0.3) is 5.91 Å². The summed E-state index contributed by atoms with van der Waals surface area (Å²) in [4.78, 5) is 36.1. The molecular weight excluding hydrogens is 420 g/mol. The van der Waals surface area contributed by atoms with E-state index < -0.39 is 11.7 Å². The molecule has 4 heterocycles. The number of likely N-dealkylation sites (tertiary alicyclic amines) is 1. The first-order chi connectivity index (χ1) is 16.0. The van der Waals surface area contributed by atoms with Gasteiger partial charge in [0.15, 0.2) is 6.10 Å². The number of hydrogen-bond donors (Lipinski definition) is 2. The van der Waals surface area contributed by atoms with Crippen LogP contribution in [0.2, 0.25) is 0 Å². The Morgan fingerprint density at radius 2 is 1.82 bits per heavy atom. The number of nitrogens with zero attached hydrogens (tertiary/aromatic N) is 4. The third-order valence-corrected chi connectivity index (χ3v) is 6.34. The van der Waals surface area contributed by atoms with Crippen molar-refractivity contribution in [2.24, 2.45) is 0 Å². The van der Waals surface area contributed by atoms with Crippen molar-refractivity contribution in [3.8, 4) is 0 Å². The summed E-state index contributed by atoms with van der Waals surface area (Å²) >= 11 is 0. The van der Waals surface area contributed by atoms with Crippen LogP contribution in [0, 0.1) is 6.92 Å². The summed E-state index contributed by atoms with van der Waals surface area (Å²) in [6.45, 7) is 3.37. The largest absolute Gasteiger partial charge is 0.352 e. The Labute approximate surface area is 191 Å². The Kier molecular flexibility index (Phi) is 5.55. The van der Waals surface area contributed by atoms with E-state index in [1.807, 2.05) is 42.0 Å². The van der Waals surface area contributed by atoms with Gasteiger partial charge in [0.1, 0.15) is 11.4 Å². The Balaban J connectivity index is 1.29. The van der Waals surface area contributed by atoms with Gasteiger partial charge in [0.05, 0.1) is 6.54 Å². The number of pyridine rings is 1. The molecule has 1 saturated heterocycles. The Hall–Kier alpha value is -3.72. The molecule has 0 aliphatic carbocycles. The maximum absolute atomic E-state index is 13.0. The van der Waals surface area contributed by atoms with E-state index in [9.17, 15) is 9.59 Å². The number of anilines is 2. The third-order valence-electron chi connectivity index (χ3n) is 6.34. The molecule has 1 fully saturated rings. The zero-order valence-electron chi connectivity index (χ0n) is 18.4. The van der Waals surface area contributed by atoms with Crippen LogP contribution in [0.4, 0.5) is 16.2 Å². The molecule has 5 rings (SSSR count). The molecule has 3 aromatic rings. The predicted molar refractivity (Wildman–Crippen MR) is 123 cm³/mol. The zero-order valence-corrected chi connectivity index (χ0v) is 18.4. The Morgan fingerprint density at radius 3 is 2.58 bits per heavy atom. The fourth-order valence-corrected chi connectivity index (χ4v) is 4.51. The summed E-state index contributed by atoms with van der Waals surface area (Å²) in [5, 5.41) is 5.90. The van der Waals surface area contributed by atoms with Gasteiger partial charge in [-0.1, -0.05) is 18.2 Å². The van der Waals surface area contributed by atoms with Crippen molar-refractivity contribution >= 4 is 23.3 Å². The second-order valence-corrected chi connectivity index (χ2v) is 8.46. The minimum Gasteiger partial charge on any atom is -0.352 e. The molecule has 2 aliphatic heterocycles. The van der Waals surface area contributed by atoms with Gasteiger partial charge in [-0.2, -0.15) is 0 Å². The average Bonchev–Trinajstić information content (AvgIpc) is 3.31. The van der Waals surface area contributed by atoms with Gasteiger partial charge >= 0.3 is 6.03 Å². The first kappa shape index (κ1) is 21.1. The van der Waals surface area contributed by atoms with E-state index in [4.69, 9.17) is 4.74 Å².